The lowest BCUT2D eigenvalue weighted by atomic mass is 9.96. The molecule has 0 bridgehead atoms. The molecule has 33 heavy (non-hydrogen) atoms. The van der Waals surface area contributed by atoms with Gasteiger partial charge in [0.25, 0.3) is 0 Å². The van der Waals surface area contributed by atoms with Gasteiger partial charge in [0.1, 0.15) is 12.2 Å². The summed E-state index contributed by atoms with van der Waals surface area (Å²) < 4.78 is 25.4. The summed E-state index contributed by atoms with van der Waals surface area (Å²) in [7, 11) is 0. The zero-order chi connectivity index (χ0) is 22.7. The molecule has 1 aliphatic heterocycles. The van der Waals surface area contributed by atoms with Crippen molar-refractivity contribution in [2.75, 3.05) is 6.61 Å². The molecule has 4 rings (SSSR count). The van der Waals surface area contributed by atoms with E-state index in [1.54, 1.807) is 0 Å². The molecule has 0 aromatic heterocycles. The van der Waals surface area contributed by atoms with E-state index in [-0.39, 0.29) is 24.4 Å². The fourth-order valence-electron chi connectivity index (χ4n) is 4.20. The molecule has 0 unspecified atom stereocenters. The largest absolute Gasteiger partial charge is 0.374 e. The van der Waals surface area contributed by atoms with Crippen molar-refractivity contribution >= 4 is 0 Å². The van der Waals surface area contributed by atoms with E-state index in [0.717, 1.165) is 29.5 Å². The standard InChI is InChI=1S/C29H34O4/c1-2-26-18-27(31-20-24-14-8-4-9-15-24)29(32-21-25-16-10-5-11-17-25)28(33-26)22-30-19-23-12-6-3-7-13-23/h3-17,26-29H,2,18-22H2,1H3/t26-,27-,28-,29+/m1/s1. The first-order valence-electron chi connectivity index (χ1n) is 11.9. The van der Waals surface area contributed by atoms with Crippen LogP contribution in [-0.2, 0) is 38.8 Å². The first kappa shape index (κ1) is 23.7. The number of hydrogen-bond acceptors (Lipinski definition) is 4. The zero-order valence-corrected chi connectivity index (χ0v) is 19.3. The quantitative estimate of drug-likeness (QED) is 0.365. The molecule has 3 aromatic rings. The van der Waals surface area contributed by atoms with Gasteiger partial charge < -0.3 is 18.9 Å². The molecule has 0 radical (unpaired) electrons. The second kappa shape index (κ2) is 12.7. The summed E-state index contributed by atoms with van der Waals surface area (Å²) in [5.41, 5.74) is 3.45. The normalized spacial score (nSPS) is 22.8. The van der Waals surface area contributed by atoms with E-state index in [9.17, 15) is 0 Å². The molecule has 4 atom stereocenters. The minimum atomic E-state index is -0.201. The van der Waals surface area contributed by atoms with Gasteiger partial charge in [0, 0.05) is 6.42 Å². The summed E-state index contributed by atoms with van der Waals surface area (Å²) in [5.74, 6) is 0. The molecule has 4 nitrogen and oxygen atoms in total. The van der Waals surface area contributed by atoms with E-state index in [4.69, 9.17) is 18.9 Å². The summed E-state index contributed by atoms with van der Waals surface area (Å²) >= 11 is 0. The third-order valence-corrected chi connectivity index (χ3v) is 6.04. The number of ether oxygens (including phenoxy) is 4. The van der Waals surface area contributed by atoms with Gasteiger partial charge in [-0.15, -0.1) is 0 Å². The van der Waals surface area contributed by atoms with Crippen LogP contribution in [0.2, 0.25) is 0 Å². The van der Waals surface area contributed by atoms with E-state index < -0.39 is 0 Å². The van der Waals surface area contributed by atoms with Crippen molar-refractivity contribution in [3.63, 3.8) is 0 Å². The fraction of sp³-hybridized carbons (Fsp3) is 0.379. The van der Waals surface area contributed by atoms with E-state index >= 15 is 0 Å². The van der Waals surface area contributed by atoms with E-state index in [0.29, 0.717) is 26.4 Å². The van der Waals surface area contributed by atoms with Crippen molar-refractivity contribution in [1.29, 1.82) is 0 Å². The summed E-state index contributed by atoms with van der Waals surface area (Å²) in [4.78, 5) is 0. The topological polar surface area (TPSA) is 36.9 Å². The van der Waals surface area contributed by atoms with Crippen LogP contribution in [0.3, 0.4) is 0 Å². The first-order valence-corrected chi connectivity index (χ1v) is 11.9. The van der Waals surface area contributed by atoms with Crippen LogP contribution in [0.1, 0.15) is 36.5 Å². The average molecular weight is 447 g/mol. The van der Waals surface area contributed by atoms with Crippen LogP contribution in [0.4, 0.5) is 0 Å². The van der Waals surface area contributed by atoms with Crippen LogP contribution in [0.15, 0.2) is 91.0 Å². The molecule has 0 saturated carbocycles. The van der Waals surface area contributed by atoms with Crippen LogP contribution in [0.5, 0.6) is 0 Å². The Morgan fingerprint density at radius 2 is 1.21 bits per heavy atom. The zero-order valence-electron chi connectivity index (χ0n) is 19.3. The molecule has 0 N–H and O–H groups in total. The highest BCUT2D eigenvalue weighted by Gasteiger charge is 2.40. The van der Waals surface area contributed by atoms with Gasteiger partial charge in [-0.05, 0) is 23.1 Å². The van der Waals surface area contributed by atoms with Gasteiger partial charge in [0.05, 0.1) is 38.6 Å². The lowest BCUT2D eigenvalue weighted by molar-refractivity contribution is -0.220. The maximum atomic E-state index is 6.45. The van der Waals surface area contributed by atoms with Crippen molar-refractivity contribution in [3.05, 3.63) is 108 Å². The molecular formula is C29H34O4. The third-order valence-electron chi connectivity index (χ3n) is 6.04. The second-order valence-corrected chi connectivity index (χ2v) is 8.54. The Kier molecular flexibility index (Phi) is 9.08. The third kappa shape index (κ3) is 7.24. The van der Waals surface area contributed by atoms with Gasteiger partial charge in [-0.3, -0.25) is 0 Å². The van der Waals surface area contributed by atoms with Crippen molar-refractivity contribution in [2.45, 2.75) is 64.0 Å². The predicted octanol–water partition coefficient (Wildman–Crippen LogP) is 5.94. The maximum absolute atomic E-state index is 6.45. The lowest BCUT2D eigenvalue weighted by Gasteiger charge is -2.41. The molecule has 4 heteroatoms. The molecule has 0 amide bonds. The lowest BCUT2D eigenvalue weighted by Crippen LogP contribution is -2.52. The molecule has 1 saturated heterocycles. The van der Waals surface area contributed by atoms with Gasteiger partial charge >= 0.3 is 0 Å². The van der Waals surface area contributed by atoms with Crippen molar-refractivity contribution in [1.82, 2.24) is 0 Å². The minimum Gasteiger partial charge on any atom is -0.374 e. The summed E-state index contributed by atoms with van der Waals surface area (Å²) in [6.07, 6.45) is 1.44. The van der Waals surface area contributed by atoms with E-state index in [2.05, 4.69) is 43.3 Å². The Bertz CT molecular complexity index is 916. The Morgan fingerprint density at radius 3 is 1.76 bits per heavy atom. The predicted molar refractivity (Wildman–Crippen MR) is 130 cm³/mol. The monoisotopic (exact) mass is 446 g/mol. The van der Waals surface area contributed by atoms with Gasteiger partial charge in [0.15, 0.2) is 0 Å². The fourth-order valence-corrected chi connectivity index (χ4v) is 4.20. The molecule has 1 aliphatic rings. The van der Waals surface area contributed by atoms with Gasteiger partial charge in [-0.25, -0.2) is 0 Å². The number of rotatable bonds is 11. The Morgan fingerprint density at radius 1 is 0.697 bits per heavy atom. The summed E-state index contributed by atoms with van der Waals surface area (Å²) in [6.45, 7) is 4.26. The van der Waals surface area contributed by atoms with E-state index in [1.165, 1.54) is 0 Å². The molecule has 174 valence electrons. The van der Waals surface area contributed by atoms with Crippen LogP contribution >= 0.6 is 0 Å². The Balaban J connectivity index is 1.44. The first-order chi connectivity index (χ1) is 16.3. The van der Waals surface area contributed by atoms with Crippen LogP contribution in [0.25, 0.3) is 0 Å². The molecule has 0 spiro atoms. The highest BCUT2D eigenvalue weighted by molar-refractivity contribution is 5.15. The molecule has 1 heterocycles. The SMILES string of the molecule is CC[C@@H]1C[C@@H](OCc2ccccc2)[C@H](OCc2ccccc2)[C@@H](COCc2ccccc2)O1. The molecule has 1 fully saturated rings. The molecule has 0 aliphatic carbocycles. The van der Waals surface area contributed by atoms with E-state index in [1.807, 2.05) is 54.6 Å². The number of benzene rings is 3. The maximum Gasteiger partial charge on any atom is 0.113 e. The highest BCUT2D eigenvalue weighted by atomic mass is 16.6. The summed E-state index contributed by atoms with van der Waals surface area (Å²) in [6, 6.07) is 30.8. The van der Waals surface area contributed by atoms with Gasteiger partial charge in [-0.1, -0.05) is 97.9 Å². The Hall–Kier alpha value is -2.50. The highest BCUT2D eigenvalue weighted by Crippen LogP contribution is 2.29. The minimum absolute atomic E-state index is 0.0575. The van der Waals surface area contributed by atoms with Crippen molar-refractivity contribution in [2.24, 2.45) is 0 Å². The second-order valence-electron chi connectivity index (χ2n) is 8.54. The van der Waals surface area contributed by atoms with Crippen LogP contribution < -0.4 is 0 Å². The number of hydrogen-bond donors (Lipinski definition) is 0. The van der Waals surface area contributed by atoms with Gasteiger partial charge in [-0.2, -0.15) is 0 Å². The van der Waals surface area contributed by atoms with Crippen LogP contribution in [0, 0.1) is 0 Å². The Labute approximate surface area is 197 Å². The van der Waals surface area contributed by atoms with Crippen molar-refractivity contribution < 1.29 is 18.9 Å². The van der Waals surface area contributed by atoms with Gasteiger partial charge in [0.2, 0.25) is 0 Å². The average Bonchev–Trinajstić information content (AvgIpc) is 2.88. The van der Waals surface area contributed by atoms with Crippen LogP contribution in [-0.4, -0.2) is 31.0 Å². The smallest absolute Gasteiger partial charge is 0.113 e. The molecule has 3 aromatic carbocycles. The summed E-state index contributed by atoms with van der Waals surface area (Å²) in [5, 5.41) is 0. The van der Waals surface area contributed by atoms with Crippen molar-refractivity contribution in [3.8, 4) is 0 Å². The molecular weight excluding hydrogens is 412 g/mol.